The van der Waals surface area contributed by atoms with E-state index in [1.165, 1.54) is 55.7 Å². The van der Waals surface area contributed by atoms with E-state index in [-0.39, 0.29) is 18.0 Å². The minimum absolute atomic E-state index is 0.0378. The first-order valence-corrected chi connectivity index (χ1v) is 7.64. The van der Waals surface area contributed by atoms with E-state index in [1.54, 1.807) is 0 Å². The Morgan fingerprint density at radius 1 is 1.23 bits per heavy atom. The number of nitro groups is 1. The summed E-state index contributed by atoms with van der Waals surface area (Å²) in [6, 6.07) is 9.51. The Labute approximate surface area is 149 Å². The molecular weight excluding hydrogens is 343 g/mol. The lowest BCUT2D eigenvalue weighted by molar-refractivity contribution is -0.384. The second kappa shape index (κ2) is 9.28. The van der Waals surface area contributed by atoms with Crippen molar-refractivity contribution in [1.82, 2.24) is 0 Å². The van der Waals surface area contributed by atoms with Gasteiger partial charge in [0.2, 0.25) is 5.91 Å². The van der Waals surface area contributed by atoms with Gasteiger partial charge in [0.05, 0.1) is 17.2 Å². The molecule has 0 bridgehead atoms. The average molecular weight is 360 g/mol. The topological polar surface area (TPSA) is 90.7 Å². The van der Waals surface area contributed by atoms with Gasteiger partial charge in [0.25, 0.3) is 5.69 Å². The molecule has 0 spiro atoms. The van der Waals surface area contributed by atoms with Crippen LogP contribution in [-0.4, -0.2) is 31.2 Å². The smallest absolute Gasteiger partial charge is 0.269 e. The third-order valence-corrected chi connectivity index (χ3v) is 3.28. The van der Waals surface area contributed by atoms with E-state index < -0.39 is 16.6 Å². The lowest BCUT2D eigenvalue weighted by Crippen LogP contribution is -2.11. The van der Waals surface area contributed by atoms with Crippen LogP contribution in [0, 0.1) is 15.9 Å². The van der Waals surface area contributed by atoms with E-state index in [1.807, 2.05) is 0 Å². The molecule has 0 aliphatic heterocycles. The lowest BCUT2D eigenvalue weighted by Gasteiger charge is -2.11. The molecule has 26 heavy (non-hydrogen) atoms. The van der Waals surface area contributed by atoms with Crippen LogP contribution >= 0.6 is 0 Å². The quantitative estimate of drug-likeness (QED) is 0.337. The molecule has 0 saturated heterocycles. The van der Waals surface area contributed by atoms with Crippen LogP contribution in [0.25, 0.3) is 6.08 Å². The normalized spacial score (nSPS) is 10.7. The van der Waals surface area contributed by atoms with Gasteiger partial charge < -0.3 is 14.8 Å². The van der Waals surface area contributed by atoms with Gasteiger partial charge in [0, 0.05) is 31.4 Å². The van der Waals surface area contributed by atoms with Gasteiger partial charge in [-0.1, -0.05) is 0 Å². The molecule has 0 saturated carbocycles. The van der Waals surface area contributed by atoms with Crippen LogP contribution in [0.3, 0.4) is 0 Å². The number of nitro benzene ring substituents is 1. The van der Waals surface area contributed by atoms with Crippen LogP contribution in [-0.2, 0) is 9.53 Å². The molecule has 8 heteroatoms. The molecule has 0 aromatic heterocycles. The Morgan fingerprint density at radius 3 is 2.62 bits per heavy atom. The molecule has 0 aliphatic rings. The average Bonchev–Trinajstić information content (AvgIpc) is 2.62. The minimum Gasteiger partial charge on any atom is -0.489 e. The fourth-order valence-corrected chi connectivity index (χ4v) is 2.01. The Balaban J connectivity index is 2.04. The first-order chi connectivity index (χ1) is 12.5. The van der Waals surface area contributed by atoms with E-state index in [4.69, 9.17) is 9.47 Å². The highest BCUT2D eigenvalue weighted by molar-refractivity contribution is 6.02. The van der Waals surface area contributed by atoms with Crippen molar-refractivity contribution in [1.29, 1.82) is 0 Å². The lowest BCUT2D eigenvalue weighted by atomic mass is 10.2. The van der Waals surface area contributed by atoms with Gasteiger partial charge in [-0.05, 0) is 35.9 Å². The largest absolute Gasteiger partial charge is 0.489 e. The number of non-ortho nitro benzene ring substituents is 1. The highest BCUT2D eigenvalue weighted by Gasteiger charge is 2.08. The van der Waals surface area contributed by atoms with Gasteiger partial charge in [-0.15, -0.1) is 0 Å². The number of ether oxygens (including phenoxy) is 2. The molecule has 0 radical (unpaired) electrons. The van der Waals surface area contributed by atoms with Crippen molar-refractivity contribution in [2.24, 2.45) is 0 Å². The minimum atomic E-state index is -0.515. The summed E-state index contributed by atoms with van der Waals surface area (Å²) in [4.78, 5) is 22.1. The molecular formula is C18H17FN2O5. The molecule has 0 fully saturated rings. The zero-order valence-corrected chi connectivity index (χ0v) is 14.0. The number of anilines is 1. The van der Waals surface area contributed by atoms with Crippen molar-refractivity contribution in [2.45, 2.75) is 0 Å². The van der Waals surface area contributed by atoms with Crippen LogP contribution in [0.15, 0.2) is 48.5 Å². The SMILES string of the molecule is COCCOc1ccc(F)cc1NC(=O)/C=C/c1ccc([N+](=O)[O-])cc1. The summed E-state index contributed by atoms with van der Waals surface area (Å²) in [7, 11) is 1.53. The van der Waals surface area contributed by atoms with Gasteiger partial charge in [0.15, 0.2) is 0 Å². The van der Waals surface area contributed by atoms with E-state index >= 15 is 0 Å². The van der Waals surface area contributed by atoms with Crippen molar-refractivity contribution in [2.75, 3.05) is 25.6 Å². The number of hydrogen-bond donors (Lipinski definition) is 1. The number of carbonyl (C=O) groups excluding carboxylic acids is 1. The maximum atomic E-state index is 13.4. The summed E-state index contributed by atoms with van der Waals surface area (Å²) in [5.41, 5.74) is 0.769. The molecule has 1 amide bonds. The van der Waals surface area contributed by atoms with Gasteiger partial charge >= 0.3 is 0 Å². The Hall–Kier alpha value is -3.26. The van der Waals surface area contributed by atoms with Gasteiger partial charge in [-0.3, -0.25) is 14.9 Å². The van der Waals surface area contributed by atoms with Gasteiger partial charge in [-0.2, -0.15) is 0 Å². The number of amides is 1. The summed E-state index contributed by atoms with van der Waals surface area (Å²) in [6.07, 6.45) is 2.73. The molecule has 0 unspecified atom stereocenters. The Kier molecular flexibility index (Phi) is 6.81. The van der Waals surface area contributed by atoms with Gasteiger partial charge in [0.1, 0.15) is 18.2 Å². The molecule has 2 aromatic carbocycles. The molecule has 7 nitrogen and oxygen atoms in total. The van der Waals surface area contributed by atoms with Crippen molar-refractivity contribution < 1.29 is 23.6 Å². The first kappa shape index (κ1) is 19.1. The standard InChI is InChI=1S/C18H17FN2O5/c1-25-10-11-26-17-8-5-14(19)12-16(17)20-18(22)9-4-13-2-6-15(7-3-13)21(23)24/h2-9,12H,10-11H2,1H3,(H,20,22)/b9-4+. The number of benzene rings is 2. The molecule has 1 N–H and O–H groups in total. The number of halogens is 1. The fraction of sp³-hybridized carbons (Fsp3) is 0.167. The van der Waals surface area contributed by atoms with E-state index in [0.717, 1.165) is 6.07 Å². The van der Waals surface area contributed by atoms with Crippen molar-refractivity contribution in [3.8, 4) is 5.75 Å². The van der Waals surface area contributed by atoms with Crippen LogP contribution in [0.4, 0.5) is 15.8 Å². The van der Waals surface area contributed by atoms with E-state index in [9.17, 15) is 19.3 Å². The van der Waals surface area contributed by atoms with Crippen LogP contribution in [0.1, 0.15) is 5.56 Å². The number of nitrogens with zero attached hydrogens (tertiary/aromatic N) is 1. The molecule has 0 aliphatic carbocycles. The van der Waals surface area contributed by atoms with Crippen molar-refractivity contribution >= 4 is 23.4 Å². The summed E-state index contributed by atoms with van der Waals surface area (Å²) >= 11 is 0. The maximum absolute atomic E-state index is 13.4. The van der Waals surface area contributed by atoms with Gasteiger partial charge in [-0.25, -0.2) is 4.39 Å². The zero-order valence-electron chi connectivity index (χ0n) is 14.0. The van der Waals surface area contributed by atoms with Crippen LogP contribution < -0.4 is 10.1 Å². The number of carbonyl (C=O) groups is 1. The second-order valence-corrected chi connectivity index (χ2v) is 5.15. The Bertz CT molecular complexity index is 806. The maximum Gasteiger partial charge on any atom is 0.269 e. The highest BCUT2D eigenvalue weighted by Crippen LogP contribution is 2.25. The predicted octanol–water partition coefficient (Wildman–Crippen LogP) is 3.41. The van der Waals surface area contributed by atoms with E-state index in [0.29, 0.717) is 17.9 Å². The molecule has 0 atom stereocenters. The number of rotatable bonds is 8. The Morgan fingerprint density at radius 2 is 1.96 bits per heavy atom. The number of nitrogens with one attached hydrogen (secondary N) is 1. The highest BCUT2D eigenvalue weighted by atomic mass is 19.1. The summed E-state index contributed by atoms with van der Waals surface area (Å²) < 4.78 is 23.8. The molecule has 136 valence electrons. The van der Waals surface area contributed by atoms with E-state index in [2.05, 4.69) is 5.32 Å². The van der Waals surface area contributed by atoms with Crippen LogP contribution in [0.5, 0.6) is 5.75 Å². The zero-order chi connectivity index (χ0) is 18.9. The van der Waals surface area contributed by atoms with Crippen molar-refractivity contribution in [3.63, 3.8) is 0 Å². The predicted molar refractivity (Wildman–Crippen MR) is 94.5 cm³/mol. The summed E-state index contributed by atoms with van der Waals surface area (Å²) in [5.74, 6) is -0.690. The number of hydrogen-bond acceptors (Lipinski definition) is 5. The third kappa shape index (κ3) is 5.67. The first-order valence-electron chi connectivity index (χ1n) is 7.64. The summed E-state index contributed by atoms with van der Waals surface area (Å²) in [5, 5.41) is 13.1. The second-order valence-electron chi connectivity index (χ2n) is 5.15. The number of methoxy groups -OCH3 is 1. The van der Waals surface area contributed by atoms with Crippen LogP contribution in [0.2, 0.25) is 0 Å². The molecule has 0 heterocycles. The molecule has 2 aromatic rings. The summed E-state index contributed by atoms with van der Waals surface area (Å²) in [6.45, 7) is 0.606. The third-order valence-electron chi connectivity index (χ3n) is 3.28. The van der Waals surface area contributed by atoms with Crippen molar-refractivity contribution in [3.05, 3.63) is 70.0 Å². The molecule has 2 rings (SSSR count). The monoisotopic (exact) mass is 360 g/mol. The fourth-order valence-electron chi connectivity index (χ4n) is 2.01.